The van der Waals surface area contributed by atoms with Crippen LogP contribution in [0.25, 0.3) is 10.8 Å². The fourth-order valence-electron chi connectivity index (χ4n) is 2.48. The van der Waals surface area contributed by atoms with Gasteiger partial charge in [0, 0.05) is 4.47 Å². The van der Waals surface area contributed by atoms with Gasteiger partial charge in [-0.05, 0) is 52.9 Å². The lowest BCUT2D eigenvalue weighted by molar-refractivity contribution is 0.475. The molecule has 0 radical (unpaired) electrons. The zero-order chi connectivity index (χ0) is 13.9. The Morgan fingerprint density at radius 2 is 1.45 bits per heavy atom. The van der Waals surface area contributed by atoms with E-state index in [0.717, 1.165) is 17.3 Å². The van der Waals surface area contributed by atoms with Crippen LogP contribution in [0.2, 0.25) is 0 Å². The molecule has 0 saturated carbocycles. The van der Waals surface area contributed by atoms with Gasteiger partial charge in [-0.2, -0.15) is 0 Å². The third-order valence-corrected chi connectivity index (χ3v) is 4.27. The van der Waals surface area contributed by atoms with Crippen molar-refractivity contribution in [3.8, 4) is 5.75 Å². The zero-order valence-corrected chi connectivity index (χ0v) is 12.6. The first-order chi connectivity index (χ1) is 9.74. The van der Waals surface area contributed by atoms with Crippen LogP contribution >= 0.6 is 15.9 Å². The van der Waals surface area contributed by atoms with Crippen LogP contribution in [0.1, 0.15) is 11.1 Å². The molecule has 100 valence electrons. The smallest absolute Gasteiger partial charge is 0.115 e. The SMILES string of the molecule is Oc1ccc(CCc2ccc(Br)c3ccccc23)cc1. The largest absolute Gasteiger partial charge is 0.508 e. The molecule has 3 rings (SSSR count). The molecule has 1 N–H and O–H groups in total. The Labute approximate surface area is 127 Å². The minimum Gasteiger partial charge on any atom is -0.508 e. The second-order valence-corrected chi connectivity index (χ2v) is 5.77. The average Bonchev–Trinajstić information content (AvgIpc) is 2.49. The number of rotatable bonds is 3. The number of hydrogen-bond donors (Lipinski definition) is 1. The van der Waals surface area contributed by atoms with Crippen LogP contribution in [-0.2, 0) is 12.8 Å². The summed E-state index contributed by atoms with van der Waals surface area (Å²) in [5.74, 6) is 0.322. The van der Waals surface area contributed by atoms with Crippen LogP contribution in [0.15, 0.2) is 65.1 Å². The summed E-state index contributed by atoms with van der Waals surface area (Å²) in [6, 6.07) is 20.2. The Morgan fingerprint density at radius 1 is 0.750 bits per heavy atom. The van der Waals surface area contributed by atoms with Crippen LogP contribution in [0.5, 0.6) is 5.75 Å². The molecule has 0 heterocycles. The zero-order valence-electron chi connectivity index (χ0n) is 11.0. The van der Waals surface area contributed by atoms with E-state index in [1.807, 2.05) is 12.1 Å². The molecule has 3 aromatic rings. The average molecular weight is 327 g/mol. The Morgan fingerprint density at radius 3 is 2.20 bits per heavy atom. The molecule has 0 bridgehead atoms. The van der Waals surface area contributed by atoms with E-state index < -0.39 is 0 Å². The number of phenolic OH excluding ortho intramolecular Hbond substituents is 1. The molecule has 0 aliphatic carbocycles. The predicted octanol–water partition coefficient (Wildman–Crippen LogP) is 5.09. The normalized spacial score (nSPS) is 10.8. The lowest BCUT2D eigenvalue weighted by atomic mass is 9.98. The number of phenols is 1. The summed E-state index contributed by atoms with van der Waals surface area (Å²) in [5.41, 5.74) is 2.60. The van der Waals surface area contributed by atoms with Gasteiger partial charge in [-0.15, -0.1) is 0 Å². The van der Waals surface area contributed by atoms with Crippen molar-refractivity contribution in [2.24, 2.45) is 0 Å². The molecule has 0 aliphatic heterocycles. The number of halogens is 1. The van der Waals surface area contributed by atoms with Crippen LogP contribution in [-0.4, -0.2) is 5.11 Å². The van der Waals surface area contributed by atoms with Gasteiger partial charge < -0.3 is 5.11 Å². The van der Waals surface area contributed by atoms with Crippen LogP contribution in [0.4, 0.5) is 0 Å². The van der Waals surface area contributed by atoms with E-state index in [4.69, 9.17) is 0 Å². The summed E-state index contributed by atoms with van der Waals surface area (Å²) in [6.07, 6.45) is 1.98. The molecule has 0 aliphatic rings. The van der Waals surface area contributed by atoms with E-state index in [1.54, 1.807) is 12.1 Å². The highest BCUT2D eigenvalue weighted by Gasteiger charge is 2.04. The maximum atomic E-state index is 9.31. The number of aryl methyl sites for hydroxylation is 2. The number of aromatic hydroxyl groups is 1. The van der Waals surface area contributed by atoms with Gasteiger partial charge in [-0.25, -0.2) is 0 Å². The molecule has 1 nitrogen and oxygen atoms in total. The van der Waals surface area contributed by atoms with Crippen molar-refractivity contribution in [3.63, 3.8) is 0 Å². The van der Waals surface area contributed by atoms with Gasteiger partial charge in [0.05, 0.1) is 0 Å². The summed E-state index contributed by atoms with van der Waals surface area (Å²) in [6.45, 7) is 0. The molecule has 0 unspecified atom stereocenters. The van der Waals surface area contributed by atoms with Crippen LogP contribution in [0.3, 0.4) is 0 Å². The summed E-state index contributed by atoms with van der Waals surface area (Å²) in [7, 11) is 0. The van der Waals surface area contributed by atoms with Gasteiger partial charge in [0.25, 0.3) is 0 Å². The highest BCUT2D eigenvalue weighted by atomic mass is 79.9. The maximum Gasteiger partial charge on any atom is 0.115 e. The van der Waals surface area contributed by atoms with Crippen molar-refractivity contribution in [1.82, 2.24) is 0 Å². The van der Waals surface area contributed by atoms with Crippen molar-refractivity contribution in [1.29, 1.82) is 0 Å². The molecule has 3 aromatic carbocycles. The van der Waals surface area contributed by atoms with Gasteiger partial charge in [0.1, 0.15) is 5.75 Å². The minimum absolute atomic E-state index is 0.322. The van der Waals surface area contributed by atoms with Gasteiger partial charge in [-0.1, -0.05) is 58.4 Å². The lowest BCUT2D eigenvalue weighted by Crippen LogP contribution is -1.92. The molecule has 0 spiro atoms. The first-order valence-electron chi connectivity index (χ1n) is 6.68. The van der Waals surface area contributed by atoms with E-state index in [9.17, 15) is 5.11 Å². The first-order valence-corrected chi connectivity index (χ1v) is 7.47. The molecular weight excluding hydrogens is 312 g/mol. The van der Waals surface area contributed by atoms with Gasteiger partial charge in [0.15, 0.2) is 0 Å². The maximum absolute atomic E-state index is 9.31. The summed E-state index contributed by atoms with van der Waals surface area (Å²) in [5, 5.41) is 11.9. The van der Waals surface area contributed by atoms with E-state index >= 15 is 0 Å². The molecule has 2 heteroatoms. The predicted molar refractivity (Wildman–Crippen MR) is 87.2 cm³/mol. The van der Waals surface area contributed by atoms with Crippen molar-refractivity contribution in [2.75, 3.05) is 0 Å². The first kappa shape index (κ1) is 13.2. The molecule has 20 heavy (non-hydrogen) atoms. The highest BCUT2D eigenvalue weighted by Crippen LogP contribution is 2.27. The molecule has 0 atom stereocenters. The van der Waals surface area contributed by atoms with Gasteiger partial charge >= 0.3 is 0 Å². The second-order valence-electron chi connectivity index (χ2n) is 4.92. The number of benzene rings is 3. The molecule has 0 amide bonds. The number of fused-ring (bicyclic) bond motifs is 1. The second kappa shape index (κ2) is 5.68. The molecule has 0 saturated heterocycles. The van der Waals surface area contributed by atoms with E-state index in [1.165, 1.54) is 21.9 Å². The Bertz CT molecular complexity index is 732. The van der Waals surface area contributed by atoms with Crippen LogP contribution in [0, 0.1) is 0 Å². The molecule has 0 aromatic heterocycles. The monoisotopic (exact) mass is 326 g/mol. The third kappa shape index (κ3) is 2.70. The summed E-state index contributed by atoms with van der Waals surface area (Å²) >= 11 is 3.61. The van der Waals surface area contributed by atoms with E-state index in [2.05, 4.69) is 52.3 Å². The van der Waals surface area contributed by atoms with E-state index in [0.29, 0.717) is 5.75 Å². The van der Waals surface area contributed by atoms with Crippen molar-refractivity contribution < 1.29 is 5.11 Å². The standard InChI is InChI=1S/C18H15BrO/c19-18-12-9-14(16-3-1-2-4-17(16)18)8-5-13-6-10-15(20)11-7-13/h1-4,6-7,9-12,20H,5,8H2. The third-order valence-electron chi connectivity index (χ3n) is 3.58. The van der Waals surface area contributed by atoms with Crippen molar-refractivity contribution in [2.45, 2.75) is 12.8 Å². The summed E-state index contributed by atoms with van der Waals surface area (Å²) in [4.78, 5) is 0. The van der Waals surface area contributed by atoms with E-state index in [-0.39, 0.29) is 0 Å². The summed E-state index contributed by atoms with van der Waals surface area (Å²) < 4.78 is 1.14. The Hall–Kier alpha value is -1.80. The Kier molecular flexibility index (Phi) is 3.75. The number of hydrogen-bond acceptors (Lipinski definition) is 1. The highest BCUT2D eigenvalue weighted by molar-refractivity contribution is 9.10. The van der Waals surface area contributed by atoms with Gasteiger partial charge in [-0.3, -0.25) is 0 Å². The van der Waals surface area contributed by atoms with Crippen LogP contribution < -0.4 is 0 Å². The van der Waals surface area contributed by atoms with Crippen molar-refractivity contribution >= 4 is 26.7 Å². The molecular formula is C18H15BrO. The lowest BCUT2D eigenvalue weighted by Gasteiger charge is -2.08. The molecule has 0 fully saturated rings. The van der Waals surface area contributed by atoms with Crippen molar-refractivity contribution in [3.05, 3.63) is 76.3 Å². The topological polar surface area (TPSA) is 20.2 Å². The quantitative estimate of drug-likeness (QED) is 0.710. The fraction of sp³-hybridized carbons (Fsp3) is 0.111. The minimum atomic E-state index is 0.322. The Balaban J connectivity index is 1.88. The fourth-order valence-corrected chi connectivity index (χ4v) is 2.96. The van der Waals surface area contributed by atoms with Gasteiger partial charge in [0.2, 0.25) is 0 Å².